The molecule has 1 aromatic heterocycles. The third kappa shape index (κ3) is 4.25. The molecule has 0 radical (unpaired) electrons. The molecule has 6 rings (SSSR count). The van der Waals surface area contributed by atoms with E-state index in [9.17, 15) is 14.4 Å². The van der Waals surface area contributed by atoms with Crippen LogP contribution in [0.5, 0.6) is 0 Å². The van der Waals surface area contributed by atoms with Crippen LogP contribution in [0.1, 0.15) is 72.4 Å². The molecule has 3 aliphatic heterocycles. The molecular formula is C31H34N4O3S. The van der Waals surface area contributed by atoms with E-state index in [2.05, 4.69) is 30.1 Å². The average molecular weight is 543 g/mol. The molecular weight excluding hydrogens is 508 g/mol. The number of aryl methyl sites for hydroxylation is 1. The molecule has 0 spiro atoms. The Morgan fingerprint density at radius 3 is 2.56 bits per heavy atom. The van der Waals surface area contributed by atoms with Crippen LogP contribution in [0.2, 0.25) is 0 Å². The van der Waals surface area contributed by atoms with Crippen molar-refractivity contribution < 1.29 is 14.4 Å². The summed E-state index contributed by atoms with van der Waals surface area (Å²) in [6.45, 7) is 9.56. The molecule has 8 heteroatoms. The molecule has 3 aromatic rings. The maximum absolute atomic E-state index is 14.1. The Bertz CT molecular complexity index is 1460. The maximum atomic E-state index is 14.1. The van der Waals surface area contributed by atoms with Crippen LogP contribution in [0.15, 0.2) is 48.0 Å². The van der Waals surface area contributed by atoms with Gasteiger partial charge in [-0.1, -0.05) is 44.2 Å². The fraction of sp³-hybridized carbons (Fsp3) is 0.419. The van der Waals surface area contributed by atoms with Crippen LogP contribution in [-0.2, 0) is 22.7 Å². The summed E-state index contributed by atoms with van der Waals surface area (Å²) in [5, 5.41) is 0. The average Bonchev–Trinajstić information content (AvgIpc) is 3.71. The lowest BCUT2D eigenvalue weighted by Crippen LogP contribution is -2.55. The Hall–Kier alpha value is -3.52. The zero-order valence-corrected chi connectivity index (χ0v) is 23.7. The van der Waals surface area contributed by atoms with Gasteiger partial charge in [-0.05, 0) is 67.0 Å². The molecule has 0 N–H and O–H groups in total. The topological polar surface area (TPSA) is 73.8 Å². The van der Waals surface area contributed by atoms with Crippen LogP contribution in [0.25, 0.3) is 10.4 Å². The second-order valence-electron chi connectivity index (χ2n) is 11.3. The summed E-state index contributed by atoms with van der Waals surface area (Å²) in [5.74, 6) is -0.293. The van der Waals surface area contributed by atoms with Gasteiger partial charge in [0.25, 0.3) is 5.91 Å². The van der Waals surface area contributed by atoms with Gasteiger partial charge in [0.2, 0.25) is 11.8 Å². The Labute approximate surface area is 233 Å². The zero-order valence-electron chi connectivity index (χ0n) is 22.9. The number of carbonyl (C=O) groups excluding carboxylic acids is 3. The van der Waals surface area contributed by atoms with Gasteiger partial charge < -0.3 is 14.7 Å². The lowest BCUT2D eigenvalue weighted by Gasteiger charge is -2.36. The highest BCUT2D eigenvalue weighted by Gasteiger charge is 2.45. The van der Waals surface area contributed by atoms with Gasteiger partial charge in [-0.2, -0.15) is 0 Å². The smallest absolute Gasteiger partial charge is 0.255 e. The molecule has 0 saturated carbocycles. The summed E-state index contributed by atoms with van der Waals surface area (Å²) >= 11 is 1.63. The quantitative estimate of drug-likeness (QED) is 0.445. The fourth-order valence-electron chi connectivity index (χ4n) is 6.53. The number of aromatic nitrogens is 1. The number of hydrogen-bond acceptors (Lipinski definition) is 5. The van der Waals surface area contributed by atoms with E-state index < -0.39 is 12.1 Å². The van der Waals surface area contributed by atoms with Gasteiger partial charge in [0.15, 0.2) is 0 Å². The van der Waals surface area contributed by atoms with Crippen molar-refractivity contribution in [2.24, 2.45) is 5.92 Å². The molecule has 39 heavy (non-hydrogen) atoms. The van der Waals surface area contributed by atoms with E-state index in [1.54, 1.807) is 21.1 Å². The predicted octanol–water partition coefficient (Wildman–Crippen LogP) is 5.19. The van der Waals surface area contributed by atoms with Gasteiger partial charge in [-0.15, -0.1) is 11.3 Å². The number of fused-ring (bicyclic) bond motifs is 2. The Kier molecular flexibility index (Phi) is 6.53. The van der Waals surface area contributed by atoms with Crippen LogP contribution in [0, 0.1) is 12.8 Å². The number of likely N-dealkylation sites (tertiary alicyclic amines) is 1. The van der Waals surface area contributed by atoms with E-state index in [1.165, 1.54) is 0 Å². The molecule has 4 heterocycles. The van der Waals surface area contributed by atoms with Crippen LogP contribution in [0.3, 0.4) is 0 Å². The first kappa shape index (κ1) is 25.7. The zero-order chi connectivity index (χ0) is 27.4. The minimum atomic E-state index is -0.600. The first-order valence-electron chi connectivity index (χ1n) is 13.8. The normalized spacial score (nSPS) is 21.1. The first-order chi connectivity index (χ1) is 18.8. The summed E-state index contributed by atoms with van der Waals surface area (Å²) < 4.78 is 0. The number of hydrogen-bond donors (Lipinski definition) is 0. The van der Waals surface area contributed by atoms with Gasteiger partial charge in [0.05, 0.1) is 22.1 Å². The molecule has 7 nitrogen and oxygen atoms in total. The van der Waals surface area contributed by atoms with Crippen molar-refractivity contribution in [3.63, 3.8) is 0 Å². The van der Waals surface area contributed by atoms with E-state index in [-0.39, 0.29) is 29.7 Å². The number of nitrogens with zero attached hydrogens (tertiary/aromatic N) is 4. The molecule has 202 valence electrons. The summed E-state index contributed by atoms with van der Waals surface area (Å²) in [6.07, 6.45) is 1.43. The van der Waals surface area contributed by atoms with Gasteiger partial charge in [-0.25, -0.2) is 4.98 Å². The number of carbonyl (C=O) groups is 3. The molecule has 0 bridgehead atoms. The van der Waals surface area contributed by atoms with Gasteiger partial charge in [-0.3, -0.25) is 14.4 Å². The fourth-order valence-corrected chi connectivity index (χ4v) is 7.34. The monoisotopic (exact) mass is 542 g/mol. The Morgan fingerprint density at radius 1 is 1.05 bits per heavy atom. The van der Waals surface area contributed by atoms with Crippen molar-refractivity contribution in [2.45, 2.75) is 71.8 Å². The van der Waals surface area contributed by atoms with E-state index >= 15 is 0 Å². The second kappa shape index (κ2) is 9.90. The van der Waals surface area contributed by atoms with E-state index in [4.69, 9.17) is 0 Å². The van der Waals surface area contributed by atoms with Crippen LogP contribution >= 0.6 is 11.3 Å². The van der Waals surface area contributed by atoms with E-state index in [1.807, 2.05) is 55.4 Å². The van der Waals surface area contributed by atoms with E-state index in [0.717, 1.165) is 39.2 Å². The van der Waals surface area contributed by atoms with Crippen molar-refractivity contribution >= 4 is 29.1 Å². The molecule has 0 aliphatic carbocycles. The molecule has 1 saturated heterocycles. The first-order valence-corrected chi connectivity index (χ1v) is 14.7. The molecule has 2 aromatic carbocycles. The molecule has 3 amide bonds. The molecule has 3 unspecified atom stereocenters. The van der Waals surface area contributed by atoms with Crippen molar-refractivity contribution in [3.05, 3.63) is 75.9 Å². The predicted molar refractivity (Wildman–Crippen MR) is 151 cm³/mol. The lowest BCUT2D eigenvalue weighted by atomic mass is 10.00. The van der Waals surface area contributed by atoms with Crippen LogP contribution in [0.4, 0.5) is 0 Å². The summed E-state index contributed by atoms with van der Waals surface area (Å²) in [6, 6.07) is 12.8. The number of amides is 3. The third-order valence-electron chi connectivity index (χ3n) is 8.59. The highest BCUT2D eigenvalue weighted by molar-refractivity contribution is 7.13. The molecule has 3 atom stereocenters. The van der Waals surface area contributed by atoms with E-state index in [0.29, 0.717) is 31.6 Å². The van der Waals surface area contributed by atoms with Gasteiger partial charge in [0.1, 0.15) is 12.1 Å². The maximum Gasteiger partial charge on any atom is 0.255 e. The second-order valence-corrected chi connectivity index (χ2v) is 12.1. The largest absolute Gasteiger partial charge is 0.330 e. The minimum Gasteiger partial charge on any atom is -0.330 e. The standard InChI is InChI=1S/C31H34N4O3S/c1-18(2)27(35-16-22-8-5-6-9-24(22)29(35)36)31(38)33-13-7-10-26(33)30(37)34-15-23-12-11-21(14-25(23)20(34)4)28-19(3)32-17-39-28/h5-6,8-9,11-12,14,17-18,20,26-27H,7,10,13,15-16H2,1-4H3. The minimum absolute atomic E-state index is 0.00129. The highest BCUT2D eigenvalue weighted by atomic mass is 32.1. The highest BCUT2D eigenvalue weighted by Crippen LogP contribution is 2.39. The Morgan fingerprint density at radius 2 is 1.85 bits per heavy atom. The van der Waals surface area contributed by atoms with Gasteiger partial charge in [0, 0.05) is 25.2 Å². The lowest BCUT2D eigenvalue weighted by molar-refractivity contribution is -0.148. The van der Waals surface area contributed by atoms with Crippen molar-refractivity contribution in [1.82, 2.24) is 19.7 Å². The number of benzene rings is 2. The van der Waals surface area contributed by atoms with Gasteiger partial charge >= 0.3 is 0 Å². The SMILES string of the molecule is Cc1ncsc1-c1ccc2c(c1)C(C)N(C(=O)C1CCCN1C(=O)C(C(C)C)N1Cc3ccccc3C1=O)C2. The molecule has 1 fully saturated rings. The van der Waals surface area contributed by atoms with Crippen molar-refractivity contribution in [1.29, 1.82) is 0 Å². The summed E-state index contributed by atoms with van der Waals surface area (Å²) in [5.41, 5.74) is 7.93. The summed E-state index contributed by atoms with van der Waals surface area (Å²) in [7, 11) is 0. The third-order valence-corrected chi connectivity index (χ3v) is 9.56. The number of rotatable bonds is 5. The van der Waals surface area contributed by atoms with Crippen LogP contribution in [-0.4, -0.2) is 56.0 Å². The summed E-state index contributed by atoms with van der Waals surface area (Å²) in [4.78, 5) is 52.3. The number of thiazole rings is 1. The van der Waals surface area contributed by atoms with Crippen LogP contribution < -0.4 is 0 Å². The van der Waals surface area contributed by atoms with Crippen molar-refractivity contribution in [3.8, 4) is 10.4 Å². The Balaban J connectivity index is 1.22. The van der Waals surface area contributed by atoms with Crippen molar-refractivity contribution in [2.75, 3.05) is 6.54 Å². The molecule has 3 aliphatic rings.